The highest BCUT2D eigenvalue weighted by Crippen LogP contribution is 2.21. The maximum absolute atomic E-state index is 12.2. The number of nitrogens with zero attached hydrogens (tertiary/aromatic N) is 2. The third-order valence-electron chi connectivity index (χ3n) is 2.56. The molecular formula is C13H16N2O2S2. The standard InChI is InChI=1S/C13H16N2O2S2/c1-4-17-12-7-5-6-11(15-12)8-19(16)13-14-9(2)10(3)18-13/h5-7H,4,8H2,1-3H3/t19-/m1/s1. The zero-order valence-corrected chi connectivity index (χ0v) is 12.8. The van der Waals surface area contributed by atoms with Gasteiger partial charge in [0.25, 0.3) is 0 Å². The van der Waals surface area contributed by atoms with Gasteiger partial charge in [0.2, 0.25) is 5.88 Å². The predicted molar refractivity (Wildman–Crippen MR) is 77.1 cm³/mol. The molecule has 0 bridgehead atoms. The van der Waals surface area contributed by atoms with E-state index in [1.807, 2.05) is 32.9 Å². The minimum Gasteiger partial charge on any atom is -0.478 e. The Bertz CT molecular complexity index is 577. The first-order valence-corrected chi connectivity index (χ1v) is 8.15. The first-order chi connectivity index (χ1) is 9.10. The van der Waals surface area contributed by atoms with Crippen LogP contribution in [0.1, 0.15) is 23.2 Å². The third-order valence-corrected chi connectivity index (χ3v) is 5.27. The van der Waals surface area contributed by atoms with Crippen LogP contribution in [-0.2, 0) is 16.6 Å². The number of thiazole rings is 1. The number of pyridine rings is 1. The van der Waals surface area contributed by atoms with E-state index in [2.05, 4.69) is 9.97 Å². The number of aromatic nitrogens is 2. The number of rotatable bonds is 5. The van der Waals surface area contributed by atoms with Crippen LogP contribution in [0.25, 0.3) is 0 Å². The molecule has 0 unspecified atom stereocenters. The third kappa shape index (κ3) is 3.61. The maximum atomic E-state index is 12.2. The van der Waals surface area contributed by atoms with Crippen LogP contribution in [0.15, 0.2) is 22.5 Å². The van der Waals surface area contributed by atoms with Crippen LogP contribution < -0.4 is 4.74 Å². The van der Waals surface area contributed by atoms with Crippen LogP contribution in [0.5, 0.6) is 5.88 Å². The lowest BCUT2D eigenvalue weighted by molar-refractivity contribution is 0.326. The van der Waals surface area contributed by atoms with E-state index in [1.54, 1.807) is 6.07 Å². The van der Waals surface area contributed by atoms with Gasteiger partial charge in [-0.05, 0) is 26.8 Å². The average Bonchev–Trinajstić information content (AvgIpc) is 2.71. The Labute approximate surface area is 119 Å². The second-order valence-corrected chi connectivity index (χ2v) is 6.84. The second kappa shape index (κ2) is 6.25. The summed E-state index contributed by atoms with van der Waals surface area (Å²) in [7, 11) is -1.15. The Morgan fingerprint density at radius 3 is 2.74 bits per heavy atom. The Morgan fingerprint density at radius 1 is 1.32 bits per heavy atom. The van der Waals surface area contributed by atoms with Gasteiger partial charge in [0.1, 0.15) is 0 Å². The fourth-order valence-electron chi connectivity index (χ4n) is 1.50. The zero-order chi connectivity index (χ0) is 13.8. The summed E-state index contributed by atoms with van der Waals surface area (Å²) in [5.74, 6) is 0.941. The second-order valence-electron chi connectivity index (χ2n) is 4.01. The molecule has 0 aliphatic rings. The van der Waals surface area contributed by atoms with Gasteiger partial charge in [-0.25, -0.2) is 9.97 Å². The molecule has 2 aromatic rings. The molecule has 0 amide bonds. The van der Waals surface area contributed by atoms with Crippen molar-refractivity contribution in [3.05, 3.63) is 34.5 Å². The van der Waals surface area contributed by atoms with E-state index in [0.29, 0.717) is 22.6 Å². The van der Waals surface area contributed by atoms with E-state index in [-0.39, 0.29) is 0 Å². The number of hydrogen-bond acceptors (Lipinski definition) is 5. The molecule has 0 N–H and O–H groups in total. The summed E-state index contributed by atoms with van der Waals surface area (Å²) in [5.41, 5.74) is 1.71. The normalized spacial score (nSPS) is 12.4. The van der Waals surface area contributed by atoms with Gasteiger partial charge in [-0.15, -0.1) is 11.3 Å². The molecular weight excluding hydrogens is 280 g/mol. The fourth-order valence-corrected chi connectivity index (χ4v) is 3.86. The molecule has 1 atom stereocenters. The Hall–Kier alpha value is -1.27. The Kier molecular flexibility index (Phi) is 4.66. The van der Waals surface area contributed by atoms with Crippen molar-refractivity contribution in [2.24, 2.45) is 0 Å². The van der Waals surface area contributed by atoms with Crippen LogP contribution in [0.3, 0.4) is 0 Å². The molecule has 4 nitrogen and oxygen atoms in total. The van der Waals surface area contributed by atoms with E-state index >= 15 is 0 Å². The molecule has 0 saturated heterocycles. The minimum absolute atomic E-state index is 0.368. The van der Waals surface area contributed by atoms with Gasteiger partial charge in [0, 0.05) is 10.9 Å². The molecule has 0 spiro atoms. The summed E-state index contributed by atoms with van der Waals surface area (Å²) in [6, 6.07) is 5.52. The quantitative estimate of drug-likeness (QED) is 0.851. The van der Waals surface area contributed by atoms with Crippen molar-refractivity contribution in [2.75, 3.05) is 6.61 Å². The van der Waals surface area contributed by atoms with E-state index in [9.17, 15) is 4.21 Å². The van der Waals surface area contributed by atoms with Crippen molar-refractivity contribution in [3.63, 3.8) is 0 Å². The number of ether oxygens (including phenoxy) is 1. The maximum Gasteiger partial charge on any atom is 0.213 e. The molecule has 0 fully saturated rings. The molecule has 2 rings (SSSR count). The van der Waals surface area contributed by atoms with Gasteiger partial charge < -0.3 is 4.74 Å². The van der Waals surface area contributed by atoms with Gasteiger partial charge >= 0.3 is 0 Å². The summed E-state index contributed by atoms with van der Waals surface area (Å²) >= 11 is 1.49. The predicted octanol–water partition coefficient (Wildman–Crippen LogP) is 2.86. The summed E-state index contributed by atoms with van der Waals surface area (Å²) < 4.78 is 18.2. The van der Waals surface area contributed by atoms with Crippen LogP contribution >= 0.6 is 11.3 Å². The monoisotopic (exact) mass is 296 g/mol. The van der Waals surface area contributed by atoms with Crippen molar-refractivity contribution in [3.8, 4) is 5.88 Å². The van der Waals surface area contributed by atoms with Gasteiger partial charge in [-0.3, -0.25) is 4.21 Å². The lowest BCUT2D eigenvalue weighted by atomic mass is 10.4. The molecule has 2 aromatic heterocycles. The lowest BCUT2D eigenvalue weighted by Gasteiger charge is -2.04. The summed E-state index contributed by atoms with van der Waals surface area (Å²) in [5, 5.41) is 0. The van der Waals surface area contributed by atoms with Crippen LogP contribution in [0.2, 0.25) is 0 Å². The smallest absolute Gasteiger partial charge is 0.213 e. The van der Waals surface area contributed by atoms with Crippen molar-refractivity contribution >= 4 is 22.1 Å². The van der Waals surface area contributed by atoms with Crippen LogP contribution in [-0.4, -0.2) is 20.8 Å². The lowest BCUT2D eigenvalue weighted by Crippen LogP contribution is -2.01. The van der Waals surface area contributed by atoms with E-state index in [1.165, 1.54) is 11.3 Å². The zero-order valence-electron chi connectivity index (χ0n) is 11.2. The molecule has 0 aliphatic heterocycles. The number of aryl methyl sites for hydroxylation is 2. The molecule has 102 valence electrons. The van der Waals surface area contributed by atoms with Crippen molar-refractivity contribution in [1.29, 1.82) is 0 Å². The molecule has 2 heterocycles. The fraction of sp³-hybridized carbons (Fsp3) is 0.385. The highest BCUT2D eigenvalue weighted by Gasteiger charge is 2.12. The van der Waals surface area contributed by atoms with E-state index in [0.717, 1.165) is 16.3 Å². The van der Waals surface area contributed by atoms with Crippen LogP contribution in [0, 0.1) is 13.8 Å². The first kappa shape index (κ1) is 14.1. The summed E-state index contributed by atoms with van der Waals surface area (Å²) in [4.78, 5) is 9.75. The highest BCUT2D eigenvalue weighted by molar-refractivity contribution is 7.86. The Balaban J connectivity index is 2.12. The Morgan fingerprint density at radius 2 is 2.11 bits per heavy atom. The first-order valence-electron chi connectivity index (χ1n) is 6.01. The highest BCUT2D eigenvalue weighted by atomic mass is 32.2. The van der Waals surface area contributed by atoms with E-state index in [4.69, 9.17) is 4.74 Å². The van der Waals surface area contributed by atoms with Gasteiger partial charge in [0.15, 0.2) is 4.34 Å². The topological polar surface area (TPSA) is 52.1 Å². The molecule has 0 radical (unpaired) electrons. The van der Waals surface area contributed by atoms with Crippen LogP contribution in [0.4, 0.5) is 0 Å². The van der Waals surface area contributed by atoms with Crippen molar-refractivity contribution < 1.29 is 8.95 Å². The SMILES string of the molecule is CCOc1cccc(C[S@@](=O)c2nc(C)c(C)s2)n1. The minimum atomic E-state index is -1.15. The molecule has 6 heteroatoms. The molecule has 0 saturated carbocycles. The van der Waals surface area contributed by atoms with Gasteiger partial charge in [-0.2, -0.15) is 0 Å². The summed E-state index contributed by atoms with van der Waals surface area (Å²) in [6.07, 6.45) is 0. The number of hydrogen-bond donors (Lipinski definition) is 0. The molecule has 0 aromatic carbocycles. The van der Waals surface area contributed by atoms with Crippen molar-refractivity contribution in [1.82, 2.24) is 9.97 Å². The largest absolute Gasteiger partial charge is 0.478 e. The average molecular weight is 296 g/mol. The van der Waals surface area contributed by atoms with E-state index < -0.39 is 10.8 Å². The summed E-state index contributed by atoms with van der Waals surface area (Å²) in [6.45, 7) is 6.40. The van der Waals surface area contributed by atoms with Crippen molar-refractivity contribution in [2.45, 2.75) is 30.9 Å². The molecule has 19 heavy (non-hydrogen) atoms. The molecule has 0 aliphatic carbocycles. The van der Waals surface area contributed by atoms with Gasteiger partial charge in [-0.1, -0.05) is 6.07 Å². The van der Waals surface area contributed by atoms with Gasteiger partial charge in [0.05, 0.1) is 34.5 Å².